The molecule has 0 unspecified atom stereocenters. The van der Waals surface area contributed by atoms with Crippen molar-refractivity contribution in [3.8, 4) is 51.7 Å². The maximum absolute atomic E-state index is 13.0. The molecule has 0 heterocycles. The van der Waals surface area contributed by atoms with Crippen molar-refractivity contribution in [1.82, 2.24) is 0 Å². The second kappa shape index (κ2) is 21.6. The molecular weight excluding hydrogens is 889 g/mol. The lowest BCUT2D eigenvalue weighted by molar-refractivity contribution is 0.0718. The number of aryl methyl sites for hydroxylation is 2. The first-order valence-electron chi connectivity index (χ1n) is 21.9. The highest BCUT2D eigenvalue weighted by Crippen LogP contribution is 2.28. The molecule has 0 radical (unpaired) electrons. The third kappa shape index (κ3) is 12.2. The van der Waals surface area contributed by atoms with Gasteiger partial charge in [0.25, 0.3) is 0 Å². The number of ether oxygens (including phenoxy) is 7. The van der Waals surface area contributed by atoms with Crippen LogP contribution >= 0.6 is 0 Å². The van der Waals surface area contributed by atoms with Crippen LogP contribution in [0.4, 0.5) is 0 Å². The molecule has 0 aliphatic rings. The van der Waals surface area contributed by atoms with Gasteiger partial charge in [0.05, 0.1) is 29.4 Å². The van der Waals surface area contributed by atoms with Crippen molar-refractivity contribution in [3.63, 3.8) is 0 Å². The van der Waals surface area contributed by atoms with Crippen LogP contribution in [0.1, 0.15) is 81.0 Å². The zero-order chi connectivity index (χ0) is 49.1. The third-order valence-electron chi connectivity index (χ3n) is 10.9. The molecule has 12 heteroatoms. The topological polar surface area (TPSA) is 150 Å². The summed E-state index contributed by atoms with van der Waals surface area (Å²) in [4.78, 5) is 63.1. The molecule has 0 N–H and O–H groups in total. The molecule has 0 bridgehead atoms. The molecule has 0 amide bonds. The van der Waals surface area contributed by atoms with Crippen molar-refractivity contribution in [1.29, 1.82) is 0 Å². The van der Waals surface area contributed by atoms with Crippen LogP contribution in [0.25, 0.3) is 0 Å². The van der Waals surface area contributed by atoms with Crippen molar-refractivity contribution in [2.75, 3.05) is 7.11 Å². The number of ketones is 1. The van der Waals surface area contributed by atoms with E-state index in [1.165, 1.54) is 55.5 Å². The Morgan fingerprint density at radius 1 is 0.343 bits per heavy atom. The Morgan fingerprint density at radius 3 is 0.943 bits per heavy atom. The molecule has 0 atom stereocenters. The zero-order valence-corrected chi connectivity index (χ0v) is 38.4. The predicted molar refractivity (Wildman–Crippen MR) is 260 cm³/mol. The normalized spacial score (nSPS) is 10.6. The lowest BCUT2D eigenvalue weighted by Gasteiger charge is -2.11. The van der Waals surface area contributed by atoms with Gasteiger partial charge in [-0.05, 0) is 207 Å². The molecule has 0 saturated heterocycles. The molecule has 8 aromatic rings. The molecule has 70 heavy (non-hydrogen) atoms. The molecular formula is C58H44O12. The average molecular weight is 933 g/mol. The van der Waals surface area contributed by atoms with Crippen LogP contribution in [-0.2, 0) is 6.42 Å². The Balaban J connectivity index is 0.766. The summed E-state index contributed by atoms with van der Waals surface area (Å²) in [7, 11) is 1.66. The fraction of sp³-hybridized carbons (Fsp3) is 0.0862. The smallest absolute Gasteiger partial charge is 0.343 e. The van der Waals surface area contributed by atoms with Gasteiger partial charge in [-0.1, -0.05) is 24.3 Å². The maximum Gasteiger partial charge on any atom is 0.343 e. The van der Waals surface area contributed by atoms with Crippen molar-refractivity contribution in [2.24, 2.45) is 0 Å². The van der Waals surface area contributed by atoms with Gasteiger partial charge in [-0.25, -0.2) is 19.2 Å². The molecule has 12 nitrogen and oxygen atoms in total. The van der Waals surface area contributed by atoms with E-state index in [1.54, 1.807) is 110 Å². The monoisotopic (exact) mass is 932 g/mol. The highest BCUT2D eigenvalue weighted by molar-refractivity contribution is 5.95. The minimum absolute atomic E-state index is 0.0426. The SMILES string of the molecule is COc1ccc(Cc2ccc(OC(=O)c3ccc(Oc4ccc(C(=O)Oc5ccc(OC(=O)c6ccc(OC(=O)c7ccc(Oc8ccc(C(C)=O)cc8)cc7)cc6)cc5)cc4)cc3)c(C)c2)cc1C. The number of carbonyl (C=O) groups excluding carboxylic acids is 5. The van der Waals surface area contributed by atoms with Crippen LogP contribution in [0.15, 0.2) is 182 Å². The molecule has 348 valence electrons. The second-order valence-corrected chi connectivity index (χ2v) is 16.0. The lowest BCUT2D eigenvalue weighted by atomic mass is 10.0. The largest absolute Gasteiger partial charge is 0.496 e. The first-order chi connectivity index (χ1) is 33.8. The quantitative estimate of drug-likeness (QED) is 0.0515. The molecule has 0 aromatic heterocycles. The molecule has 0 aliphatic carbocycles. The highest BCUT2D eigenvalue weighted by Gasteiger charge is 2.16. The Labute approximate surface area is 403 Å². The minimum Gasteiger partial charge on any atom is -0.496 e. The number of hydrogen-bond acceptors (Lipinski definition) is 12. The standard InChI is InChI=1S/C58H44O12/c1-36-33-39(5-31-53(36)64-4)35-40-6-32-54(37(2)34-40)70-58(63)45-13-23-49(24-14-45)66-48-21-11-43(12-22-48)56(61)68-51-27-29-52(30-28-51)69-57(62)44-15-25-50(26-16-44)67-55(60)42-9-19-47(20-10-42)65-46-17-7-41(8-18-46)38(3)59/h5-34H,35H2,1-4H3. The predicted octanol–water partition coefficient (Wildman–Crippen LogP) is 12.6. The van der Waals surface area contributed by atoms with E-state index in [1.807, 2.05) is 38.1 Å². The van der Waals surface area contributed by atoms with Gasteiger partial charge in [-0.2, -0.15) is 0 Å². The van der Waals surface area contributed by atoms with Crippen molar-refractivity contribution in [3.05, 3.63) is 232 Å². The van der Waals surface area contributed by atoms with E-state index in [0.717, 1.165) is 34.4 Å². The van der Waals surface area contributed by atoms with Gasteiger partial charge in [-0.15, -0.1) is 0 Å². The molecule has 0 saturated carbocycles. The fourth-order valence-electron chi connectivity index (χ4n) is 7.12. The number of benzene rings is 8. The first-order valence-corrected chi connectivity index (χ1v) is 21.9. The number of methoxy groups -OCH3 is 1. The Hall–Kier alpha value is -9.29. The zero-order valence-electron chi connectivity index (χ0n) is 38.4. The van der Waals surface area contributed by atoms with Crippen LogP contribution in [0, 0.1) is 13.8 Å². The van der Waals surface area contributed by atoms with Crippen molar-refractivity contribution < 1.29 is 57.1 Å². The van der Waals surface area contributed by atoms with Gasteiger partial charge in [0.1, 0.15) is 51.7 Å². The third-order valence-corrected chi connectivity index (χ3v) is 10.9. The lowest BCUT2D eigenvalue weighted by Crippen LogP contribution is -2.10. The molecule has 0 aliphatic heterocycles. The fourth-order valence-corrected chi connectivity index (χ4v) is 7.12. The van der Waals surface area contributed by atoms with Crippen molar-refractivity contribution >= 4 is 29.7 Å². The van der Waals surface area contributed by atoms with Gasteiger partial charge in [-0.3, -0.25) is 4.79 Å². The first kappa shape index (κ1) is 47.2. The van der Waals surface area contributed by atoms with Crippen molar-refractivity contribution in [2.45, 2.75) is 27.2 Å². The van der Waals surface area contributed by atoms with Gasteiger partial charge in [0.2, 0.25) is 0 Å². The summed E-state index contributed by atoms with van der Waals surface area (Å²) in [5, 5.41) is 0. The highest BCUT2D eigenvalue weighted by atomic mass is 16.6. The Morgan fingerprint density at radius 2 is 0.629 bits per heavy atom. The van der Waals surface area contributed by atoms with Crippen LogP contribution < -0.4 is 33.2 Å². The van der Waals surface area contributed by atoms with Crippen LogP contribution in [0.5, 0.6) is 51.7 Å². The Kier molecular flexibility index (Phi) is 14.5. The van der Waals surface area contributed by atoms with Crippen LogP contribution in [0.3, 0.4) is 0 Å². The number of hydrogen-bond donors (Lipinski definition) is 0. The number of carbonyl (C=O) groups is 5. The van der Waals surface area contributed by atoms with Gasteiger partial charge >= 0.3 is 23.9 Å². The van der Waals surface area contributed by atoms with E-state index < -0.39 is 23.9 Å². The molecule has 0 spiro atoms. The summed E-state index contributed by atoms with van der Waals surface area (Å²) in [6.07, 6.45) is 0.733. The van der Waals surface area contributed by atoms with Crippen LogP contribution in [0.2, 0.25) is 0 Å². The van der Waals surface area contributed by atoms with E-state index >= 15 is 0 Å². The number of esters is 4. The summed E-state index contributed by atoms with van der Waals surface area (Å²) in [5.41, 5.74) is 5.85. The molecule has 0 fully saturated rings. The van der Waals surface area contributed by atoms with E-state index in [2.05, 4.69) is 6.07 Å². The number of rotatable bonds is 16. The summed E-state index contributed by atoms with van der Waals surface area (Å²) in [5.74, 6) is 1.54. The summed E-state index contributed by atoms with van der Waals surface area (Å²) in [6.45, 7) is 5.41. The Bertz CT molecular complexity index is 3180. The summed E-state index contributed by atoms with van der Waals surface area (Å²) in [6, 6.07) is 49.7. The summed E-state index contributed by atoms with van der Waals surface area (Å²) >= 11 is 0. The van der Waals surface area contributed by atoms with Crippen LogP contribution in [-0.4, -0.2) is 36.8 Å². The minimum atomic E-state index is -0.653. The van der Waals surface area contributed by atoms with Gasteiger partial charge in [0, 0.05) is 5.56 Å². The average Bonchev–Trinajstić information content (AvgIpc) is 3.36. The molecule has 8 rings (SSSR count). The maximum atomic E-state index is 13.0. The van der Waals surface area contributed by atoms with Gasteiger partial charge in [0.15, 0.2) is 5.78 Å². The number of Topliss-reactive ketones (excluding diaryl/α,β-unsaturated/α-hetero) is 1. The van der Waals surface area contributed by atoms with E-state index in [-0.39, 0.29) is 39.7 Å². The van der Waals surface area contributed by atoms with E-state index in [4.69, 9.17) is 33.2 Å². The van der Waals surface area contributed by atoms with Gasteiger partial charge < -0.3 is 33.2 Å². The van der Waals surface area contributed by atoms with E-state index in [9.17, 15) is 24.0 Å². The van der Waals surface area contributed by atoms with E-state index in [0.29, 0.717) is 39.9 Å². The second-order valence-electron chi connectivity index (χ2n) is 16.0. The summed E-state index contributed by atoms with van der Waals surface area (Å²) < 4.78 is 39.3. The molecule has 8 aromatic carbocycles.